The Labute approximate surface area is 151 Å². The molecule has 0 bridgehead atoms. The Hall–Kier alpha value is -2.57. The zero-order valence-electron chi connectivity index (χ0n) is 12.1. The van der Waals surface area contributed by atoms with E-state index in [0.29, 0.717) is 20.1 Å². The van der Waals surface area contributed by atoms with Crippen molar-refractivity contribution < 1.29 is 9.31 Å². The fraction of sp³-hybridized carbons (Fsp3) is 0. The minimum atomic E-state index is -0.470. The first-order chi connectivity index (χ1) is 12.1. The summed E-state index contributed by atoms with van der Waals surface area (Å²) >= 11 is 3.58. The zero-order valence-corrected chi connectivity index (χ0v) is 14.6. The molecule has 8 nitrogen and oxygen atoms in total. The third-order valence-corrected chi connectivity index (χ3v) is 5.66. The third kappa shape index (κ3) is 3.18. The second-order valence-electron chi connectivity index (χ2n) is 4.66. The zero-order chi connectivity index (χ0) is 17.4. The van der Waals surface area contributed by atoms with Crippen molar-refractivity contribution in [1.29, 1.82) is 0 Å². The lowest BCUT2D eigenvalue weighted by atomic mass is 10.3. The Morgan fingerprint density at radius 1 is 1.36 bits per heavy atom. The Balaban J connectivity index is 1.58. The highest BCUT2D eigenvalue weighted by molar-refractivity contribution is 8.01. The van der Waals surface area contributed by atoms with E-state index in [9.17, 15) is 14.5 Å². The van der Waals surface area contributed by atoms with Crippen LogP contribution >= 0.6 is 34.4 Å². The first-order valence-electron chi connectivity index (χ1n) is 6.74. The summed E-state index contributed by atoms with van der Waals surface area (Å²) in [6.07, 6.45) is 1.60. The Bertz CT molecular complexity index is 1070. The number of hydrogen-bond acceptors (Lipinski definition) is 9. The Kier molecular flexibility index (Phi) is 4.07. The second kappa shape index (κ2) is 6.38. The van der Waals surface area contributed by atoms with Gasteiger partial charge in [-0.1, -0.05) is 28.7 Å². The molecular formula is C13H7FN6O2S3. The van der Waals surface area contributed by atoms with E-state index in [1.165, 1.54) is 39.2 Å². The van der Waals surface area contributed by atoms with Crippen LogP contribution in [0, 0.1) is 15.9 Å². The number of thiazole rings is 1. The summed E-state index contributed by atoms with van der Waals surface area (Å²) in [4.78, 5) is 15.7. The molecule has 12 heteroatoms. The molecule has 0 saturated heterocycles. The molecular weight excluding hydrogens is 387 g/mol. The minimum Gasteiger partial charge on any atom is -0.358 e. The summed E-state index contributed by atoms with van der Waals surface area (Å²) in [5, 5.41) is 24.7. The molecule has 4 aromatic rings. The van der Waals surface area contributed by atoms with E-state index in [-0.39, 0.29) is 16.7 Å². The van der Waals surface area contributed by atoms with Crippen LogP contribution in [0.2, 0.25) is 0 Å². The van der Waals surface area contributed by atoms with Crippen LogP contribution in [0.3, 0.4) is 0 Å². The maximum absolute atomic E-state index is 13.2. The van der Waals surface area contributed by atoms with Crippen LogP contribution in [-0.2, 0) is 0 Å². The van der Waals surface area contributed by atoms with Gasteiger partial charge >= 0.3 is 5.82 Å². The van der Waals surface area contributed by atoms with Gasteiger partial charge in [-0.05, 0) is 34.9 Å². The predicted molar refractivity (Wildman–Crippen MR) is 93.4 cm³/mol. The van der Waals surface area contributed by atoms with Crippen LogP contribution in [0.4, 0.5) is 21.0 Å². The smallest absolute Gasteiger partial charge is 0.358 e. The first kappa shape index (κ1) is 15.9. The molecule has 0 amide bonds. The van der Waals surface area contributed by atoms with Gasteiger partial charge in [0.15, 0.2) is 4.34 Å². The van der Waals surface area contributed by atoms with Crippen LogP contribution in [0.1, 0.15) is 0 Å². The van der Waals surface area contributed by atoms with E-state index in [2.05, 4.69) is 20.5 Å². The SMILES string of the molecule is O=[N+]([O-])c1c(Sc2nnc(Nc3cccc(F)c3)s2)nc2sccn12. The van der Waals surface area contributed by atoms with Crippen molar-refractivity contribution >= 4 is 56.0 Å². The van der Waals surface area contributed by atoms with Crippen LogP contribution in [0.5, 0.6) is 0 Å². The average molecular weight is 394 g/mol. The lowest BCUT2D eigenvalue weighted by Gasteiger charge is -2.00. The number of hydrogen-bond donors (Lipinski definition) is 1. The highest BCUT2D eigenvalue weighted by atomic mass is 32.2. The molecule has 25 heavy (non-hydrogen) atoms. The summed E-state index contributed by atoms with van der Waals surface area (Å²) in [6, 6.07) is 5.96. The number of nitrogens with one attached hydrogen (secondary N) is 1. The lowest BCUT2D eigenvalue weighted by molar-refractivity contribution is -0.393. The highest BCUT2D eigenvalue weighted by Crippen LogP contribution is 2.38. The lowest BCUT2D eigenvalue weighted by Crippen LogP contribution is -1.93. The van der Waals surface area contributed by atoms with Gasteiger partial charge in [0.1, 0.15) is 12.0 Å². The molecule has 1 aromatic carbocycles. The number of halogens is 1. The number of nitro groups is 1. The summed E-state index contributed by atoms with van der Waals surface area (Å²) < 4.78 is 15.1. The molecule has 0 saturated carbocycles. The van der Waals surface area contributed by atoms with Gasteiger partial charge in [0.25, 0.3) is 4.96 Å². The van der Waals surface area contributed by atoms with Crippen molar-refractivity contribution in [1.82, 2.24) is 19.6 Å². The number of nitrogens with zero attached hydrogens (tertiary/aromatic N) is 5. The normalized spacial score (nSPS) is 11.1. The van der Waals surface area contributed by atoms with Crippen molar-refractivity contribution in [3.63, 3.8) is 0 Å². The van der Waals surface area contributed by atoms with E-state index >= 15 is 0 Å². The number of anilines is 2. The summed E-state index contributed by atoms with van der Waals surface area (Å²) in [6.45, 7) is 0. The monoisotopic (exact) mass is 394 g/mol. The van der Waals surface area contributed by atoms with E-state index in [1.807, 2.05) is 0 Å². The molecule has 0 aliphatic carbocycles. The molecule has 0 aliphatic heterocycles. The van der Waals surface area contributed by atoms with Gasteiger partial charge in [0, 0.05) is 11.1 Å². The Morgan fingerprint density at radius 3 is 3.04 bits per heavy atom. The fourth-order valence-corrected chi connectivity index (χ4v) is 4.61. The number of aromatic nitrogens is 4. The molecule has 0 spiro atoms. The van der Waals surface area contributed by atoms with E-state index in [0.717, 1.165) is 11.8 Å². The van der Waals surface area contributed by atoms with E-state index in [1.54, 1.807) is 23.7 Å². The van der Waals surface area contributed by atoms with Crippen molar-refractivity contribution in [2.24, 2.45) is 0 Å². The summed E-state index contributed by atoms with van der Waals surface area (Å²) in [5.41, 5.74) is 0.543. The van der Waals surface area contributed by atoms with Gasteiger partial charge in [-0.25, -0.2) is 4.39 Å². The number of imidazole rings is 1. The third-order valence-electron chi connectivity index (χ3n) is 3.05. The minimum absolute atomic E-state index is 0.101. The van der Waals surface area contributed by atoms with Crippen LogP contribution in [0.15, 0.2) is 45.2 Å². The Morgan fingerprint density at radius 2 is 2.24 bits per heavy atom. The predicted octanol–water partition coefficient (Wildman–Crippen LogP) is 4.19. The van der Waals surface area contributed by atoms with E-state index < -0.39 is 4.92 Å². The van der Waals surface area contributed by atoms with Gasteiger partial charge in [-0.3, -0.25) is 0 Å². The maximum atomic E-state index is 13.2. The van der Waals surface area contributed by atoms with Crippen molar-refractivity contribution in [3.8, 4) is 0 Å². The van der Waals surface area contributed by atoms with Crippen LogP contribution < -0.4 is 5.32 Å². The van der Waals surface area contributed by atoms with Crippen LogP contribution in [-0.4, -0.2) is 24.5 Å². The molecule has 0 aliphatic rings. The molecule has 0 atom stereocenters. The summed E-state index contributed by atoms with van der Waals surface area (Å²) in [7, 11) is 0. The molecule has 4 rings (SSSR count). The number of fused-ring (bicyclic) bond motifs is 1. The number of rotatable bonds is 5. The van der Waals surface area contributed by atoms with Crippen molar-refractivity contribution in [2.45, 2.75) is 9.37 Å². The topological polar surface area (TPSA) is 98.2 Å². The summed E-state index contributed by atoms with van der Waals surface area (Å²) in [5.74, 6) is -0.464. The molecule has 0 fully saturated rings. The molecule has 0 radical (unpaired) electrons. The molecule has 1 N–H and O–H groups in total. The molecule has 3 heterocycles. The van der Waals surface area contributed by atoms with Crippen molar-refractivity contribution in [3.05, 3.63) is 51.8 Å². The van der Waals surface area contributed by atoms with Gasteiger partial charge < -0.3 is 15.4 Å². The quantitative estimate of drug-likeness (QED) is 0.400. The fourth-order valence-electron chi connectivity index (χ4n) is 2.06. The molecule has 126 valence electrons. The molecule has 3 aromatic heterocycles. The highest BCUT2D eigenvalue weighted by Gasteiger charge is 2.25. The van der Waals surface area contributed by atoms with Gasteiger partial charge in [0.2, 0.25) is 10.2 Å². The first-order valence-corrected chi connectivity index (χ1v) is 9.25. The largest absolute Gasteiger partial charge is 0.363 e. The van der Waals surface area contributed by atoms with E-state index in [4.69, 9.17) is 0 Å². The maximum Gasteiger partial charge on any atom is 0.363 e. The second-order valence-corrected chi connectivity index (χ2v) is 7.75. The van der Waals surface area contributed by atoms with Gasteiger partial charge in [-0.2, -0.15) is 9.38 Å². The van der Waals surface area contributed by atoms with Crippen LogP contribution in [0.25, 0.3) is 4.96 Å². The van der Waals surface area contributed by atoms with Crippen molar-refractivity contribution in [2.75, 3.05) is 5.32 Å². The van der Waals surface area contributed by atoms with Gasteiger partial charge in [-0.15, -0.1) is 10.2 Å². The molecule has 0 unspecified atom stereocenters. The standard InChI is InChI=1S/C13H7FN6O2S3/c14-7-2-1-3-8(6-7)15-11-17-18-13(25-11)24-9-10(20(21)22)19-4-5-23-12(19)16-9/h1-6H,(H,15,17). The average Bonchev–Trinajstić information content (AvgIpc) is 3.23. The van der Waals surface area contributed by atoms with Gasteiger partial charge in [0.05, 0.1) is 0 Å². The number of benzene rings is 1.